The Morgan fingerprint density at radius 2 is 2.17 bits per heavy atom. The highest BCUT2D eigenvalue weighted by Gasteiger charge is 2.25. The molecule has 1 aliphatic rings. The first-order valence-electron chi connectivity index (χ1n) is 6.64. The normalized spacial score (nSPS) is 19.6. The van der Waals surface area contributed by atoms with E-state index in [1.54, 1.807) is 6.92 Å². The van der Waals surface area contributed by atoms with Crippen LogP contribution in [-0.4, -0.2) is 18.9 Å². The molecule has 1 fully saturated rings. The highest BCUT2D eigenvalue weighted by Crippen LogP contribution is 2.30. The lowest BCUT2D eigenvalue weighted by Gasteiger charge is -2.21. The van der Waals surface area contributed by atoms with E-state index in [-0.39, 0.29) is 5.78 Å². The van der Waals surface area contributed by atoms with Crippen molar-refractivity contribution in [2.45, 2.75) is 27.2 Å². The van der Waals surface area contributed by atoms with E-state index in [2.05, 4.69) is 18.7 Å². The summed E-state index contributed by atoms with van der Waals surface area (Å²) in [5.74, 6) is 1.52. The Hall–Kier alpha value is -1.51. The van der Waals surface area contributed by atoms with Crippen LogP contribution in [0.1, 0.15) is 37.6 Å². The van der Waals surface area contributed by atoms with Crippen molar-refractivity contribution in [2.24, 2.45) is 11.8 Å². The van der Waals surface area contributed by atoms with Crippen molar-refractivity contribution in [1.29, 1.82) is 0 Å². The molecule has 1 aliphatic heterocycles. The smallest absolute Gasteiger partial charge is 0.161 e. The van der Waals surface area contributed by atoms with Crippen LogP contribution in [0.5, 0.6) is 0 Å². The maximum Gasteiger partial charge on any atom is 0.161 e. The van der Waals surface area contributed by atoms with Gasteiger partial charge in [0.1, 0.15) is 0 Å². The van der Waals surface area contributed by atoms with Gasteiger partial charge in [-0.25, -0.2) is 0 Å². The molecule has 1 aromatic carbocycles. The Bertz CT molecular complexity index is 454. The van der Waals surface area contributed by atoms with E-state index < -0.39 is 0 Å². The SMILES string of the molecule is CC(=O)c1ccc(N2CCC(C(C)C)C2)cc1N. The lowest BCUT2D eigenvalue weighted by Crippen LogP contribution is -2.21. The van der Waals surface area contributed by atoms with E-state index in [1.807, 2.05) is 18.2 Å². The summed E-state index contributed by atoms with van der Waals surface area (Å²) in [6.07, 6.45) is 1.24. The molecule has 1 unspecified atom stereocenters. The zero-order valence-corrected chi connectivity index (χ0v) is 11.4. The first kappa shape index (κ1) is 12.9. The van der Waals surface area contributed by atoms with Crippen LogP contribution in [0.3, 0.4) is 0 Å². The predicted molar refractivity (Wildman–Crippen MR) is 76.0 cm³/mol. The Kier molecular flexibility index (Phi) is 3.60. The molecule has 0 saturated carbocycles. The minimum atomic E-state index is 0.0283. The third kappa shape index (κ3) is 2.50. The molecule has 1 atom stereocenters. The molecule has 1 heterocycles. The number of anilines is 2. The summed E-state index contributed by atoms with van der Waals surface area (Å²) in [7, 11) is 0. The molecule has 98 valence electrons. The fraction of sp³-hybridized carbons (Fsp3) is 0.533. The van der Waals surface area contributed by atoms with Crippen LogP contribution in [0.2, 0.25) is 0 Å². The number of nitrogens with zero attached hydrogens (tertiary/aromatic N) is 1. The third-order valence-corrected chi connectivity index (χ3v) is 3.95. The van der Waals surface area contributed by atoms with Crippen LogP contribution < -0.4 is 10.6 Å². The van der Waals surface area contributed by atoms with Crippen molar-refractivity contribution < 1.29 is 4.79 Å². The maximum absolute atomic E-state index is 11.3. The van der Waals surface area contributed by atoms with Gasteiger partial charge in [0.05, 0.1) is 0 Å². The molecule has 0 spiro atoms. The molecule has 0 amide bonds. The second-order valence-corrected chi connectivity index (χ2v) is 5.57. The van der Waals surface area contributed by atoms with Crippen molar-refractivity contribution in [3.8, 4) is 0 Å². The molecule has 2 rings (SSSR count). The molecule has 3 nitrogen and oxygen atoms in total. The predicted octanol–water partition coefficient (Wildman–Crippen LogP) is 2.95. The molecule has 0 aromatic heterocycles. The number of nitrogen functional groups attached to an aromatic ring is 1. The number of benzene rings is 1. The number of hydrogen-bond acceptors (Lipinski definition) is 3. The number of Topliss-reactive ketones (excluding diaryl/α,β-unsaturated/α-hetero) is 1. The minimum absolute atomic E-state index is 0.0283. The molecular weight excluding hydrogens is 224 g/mol. The third-order valence-electron chi connectivity index (χ3n) is 3.95. The van der Waals surface area contributed by atoms with Crippen LogP contribution in [0, 0.1) is 11.8 Å². The minimum Gasteiger partial charge on any atom is -0.398 e. The van der Waals surface area contributed by atoms with Crippen LogP contribution in [-0.2, 0) is 0 Å². The average Bonchev–Trinajstić information content (AvgIpc) is 2.77. The van der Waals surface area contributed by atoms with Gasteiger partial charge in [0.15, 0.2) is 5.78 Å². The number of hydrogen-bond donors (Lipinski definition) is 1. The molecule has 0 bridgehead atoms. The molecule has 18 heavy (non-hydrogen) atoms. The number of carbonyl (C=O) groups excluding carboxylic acids is 1. The quantitative estimate of drug-likeness (QED) is 0.659. The monoisotopic (exact) mass is 246 g/mol. The van der Waals surface area contributed by atoms with Gasteiger partial charge >= 0.3 is 0 Å². The van der Waals surface area contributed by atoms with Crippen LogP contribution in [0.25, 0.3) is 0 Å². The number of carbonyl (C=O) groups is 1. The summed E-state index contributed by atoms with van der Waals surface area (Å²) in [4.78, 5) is 13.7. The van der Waals surface area contributed by atoms with Crippen LogP contribution >= 0.6 is 0 Å². The van der Waals surface area contributed by atoms with E-state index in [4.69, 9.17) is 5.73 Å². The molecule has 3 heteroatoms. The summed E-state index contributed by atoms with van der Waals surface area (Å²) >= 11 is 0. The topological polar surface area (TPSA) is 46.3 Å². The van der Waals surface area contributed by atoms with Gasteiger partial charge in [0.2, 0.25) is 0 Å². The van der Waals surface area contributed by atoms with Gasteiger partial charge in [-0.3, -0.25) is 4.79 Å². The standard InChI is InChI=1S/C15H22N2O/c1-10(2)12-6-7-17(9-12)13-4-5-14(11(3)18)15(16)8-13/h4-5,8,10,12H,6-7,9,16H2,1-3H3. The van der Waals surface area contributed by atoms with E-state index in [0.29, 0.717) is 11.3 Å². The van der Waals surface area contributed by atoms with Crippen molar-refractivity contribution in [1.82, 2.24) is 0 Å². The Labute approximate surface area is 109 Å². The van der Waals surface area contributed by atoms with Crippen molar-refractivity contribution in [2.75, 3.05) is 23.7 Å². The van der Waals surface area contributed by atoms with Gasteiger partial charge < -0.3 is 10.6 Å². The number of nitrogens with two attached hydrogens (primary N) is 1. The lowest BCUT2D eigenvalue weighted by molar-refractivity contribution is 0.101. The van der Waals surface area contributed by atoms with Crippen LogP contribution in [0.15, 0.2) is 18.2 Å². The Morgan fingerprint density at radius 1 is 1.44 bits per heavy atom. The molecule has 1 saturated heterocycles. The zero-order chi connectivity index (χ0) is 13.3. The molecule has 1 aromatic rings. The van der Waals surface area contributed by atoms with Gasteiger partial charge in [0, 0.05) is 30.0 Å². The molecular formula is C15H22N2O. The first-order chi connectivity index (χ1) is 8.49. The van der Waals surface area contributed by atoms with Crippen molar-refractivity contribution in [3.63, 3.8) is 0 Å². The largest absolute Gasteiger partial charge is 0.398 e. The second-order valence-electron chi connectivity index (χ2n) is 5.57. The van der Waals surface area contributed by atoms with Gasteiger partial charge in [-0.15, -0.1) is 0 Å². The summed E-state index contributed by atoms with van der Waals surface area (Å²) < 4.78 is 0. The van der Waals surface area contributed by atoms with E-state index in [1.165, 1.54) is 6.42 Å². The first-order valence-corrected chi connectivity index (χ1v) is 6.64. The van der Waals surface area contributed by atoms with Gasteiger partial charge in [0.25, 0.3) is 0 Å². The van der Waals surface area contributed by atoms with E-state index in [9.17, 15) is 4.79 Å². The van der Waals surface area contributed by atoms with Crippen molar-refractivity contribution in [3.05, 3.63) is 23.8 Å². The van der Waals surface area contributed by atoms with E-state index >= 15 is 0 Å². The van der Waals surface area contributed by atoms with E-state index in [0.717, 1.165) is 30.6 Å². The average molecular weight is 246 g/mol. The van der Waals surface area contributed by atoms with Crippen LogP contribution in [0.4, 0.5) is 11.4 Å². The fourth-order valence-corrected chi connectivity index (χ4v) is 2.63. The van der Waals surface area contributed by atoms with Gasteiger partial charge in [-0.05, 0) is 43.4 Å². The maximum atomic E-state index is 11.3. The summed E-state index contributed by atoms with van der Waals surface area (Å²) in [5, 5.41) is 0. The number of rotatable bonds is 3. The Morgan fingerprint density at radius 3 is 2.67 bits per heavy atom. The van der Waals surface area contributed by atoms with Crippen molar-refractivity contribution >= 4 is 17.2 Å². The zero-order valence-electron chi connectivity index (χ0n) is 11.4. The second kappa shape index (κ2) is 5.01. The lowest BCUT2D eigenvalue weighted by atomic mass is 9.95. The molecule has 2 N–H and O–H groups in total. The fourth-order valence-electron chi connectivity index (χ4n) is 2.63. The Balaban J connectivity index is 2.16. The summed E-state index contributed by atoms with van der Waals surface area (Å²) in [6.45, 7) is 8.29. The highest BCUT2D eigenvalue weighted by atomic mass is 16.1. The molecule has 0 aliphatic carbocycles. The van der Waals surface area contributed by atoms with Gasteiger partial charge in [-0.1, -0.05) is 13.8 Å². The molecule has 0 radical (unpaired) electrons. The van der Waals surface area contributed by atoms with Gasteiger partial charge in [-0.2, -0.15) is 0 Å². The summed E-state index contributed by atoms with van der Waals surface area (Å²) in [5.41, 5.74) is 8.29. The highest BCUT2D eigenvalue weighted by molar-refractivity contribution is 5.99. The summed E-state index contributed by atoms with van der Waals surface area (Å²) in [6, 6.07) is 5.78. The number of ketones is 1.